The van der Waals surface area contributed by atoms with E-state index in [0.29, 0.717) is 6.61 Å². The van der Waals surface area contributed by atoms with E-state index in [9.17, 15) is 4.79 Å². The molecule has 0 unspecified atom stereocenters. The van der Waals surface area contributed by atoms with Crippen molar-refractivity contribution in [3.8, 4) is 0 Å². The van der Waals surface area contributed by atoms with Gasteiger partial charge in [0.15, 0.2) is 6.07 Å². The van der Waals surface area contributed by atoms with Crippen LogP contribution in [0.5, 0.6) is 0 Å². The molecule has 0 saturated heterocycles. The van der Waals surface area contributed by atoms with Crippen molar-refractivity contribution in [1.82, 2.24) is 0 Å². The smallest absolute Gasteiger partial charge is 0.434 e. The van der Waals surface area contributed by atoms with Gasteiger partial charge in [-0.15, -0.1) is 0 Å². The monoisotopic (exact) mass is 244 g/mol. The lowest BCUT2D eigenvalue weighted by molar-refractivity contribution is 0.0669. The van der Waals surface area contributed by atoms with Gasteiger partial charge in [0, 0.05) is 5.33 Å². The molecule has 0 aliphatic rings. The summed E-state index contributed by atoms with van der Waals surface area (Å²) < 4.78 is 8.93. The first-order valence-corrected chi connectivity index (χ1v) is 4.88. The maximum absolute atomic E-state index is 10.5. The van der Waals surface area contributed by atoms with E-state index in [1.54, 1.807) is 0 Å². The molecule has 0 aromatic rings. The minimum Gasteiger partial charge on any atom is -0.434 e. The topological polar surface area (TPSA) is 35.5 Å². The number of ether oxygens (including phenoxy) is 2. The molecule has 0 bridgehead atoms. The molecule has 0 atom stereocenters. The Morgan fingerprint density at radius 3 is 2.64 bits per heavy atom. The van der Waals surface area contributed by atoms with Crippen molar-refractivity contribution in [2.75, 3.05) is 18.0 Å². The molecule has 0 fully saturated rings. The molecular formula is C6H10BrClO3. The number of carbonyl (C=O) groups excluding carboxylic acids is 1. The minimum absolute atomic E-state index is 0.155. The summed E-state index contributed by atoms with van der Waals surface area (Å²) in [6, 6.07) is -0.155. The molecule has 0 aromatic carbocycles. The van der Waals surface area contributed by atoms with Crippen LogP contribution < -0.4 is 0 Å². The molecule has 0 N–H and O–H groups in total. The van der Waals surface area contributed by atoms with Gasteiger partial charge >= 0.3 is 6.16 Å². The number of unbranched alkanes of at least 4 members (excludes halogenated alkanes) is 1. The Morgan fingerprint density at radius 1 is 1.36 bits per heavy atom. The Hall–Kier alpha value is 0.0400. The van der Waals surface area contributed by atoms with Gasteiger partial charge in [0.1, 0.15) is 0 Å². The highest BCUT2D eigenvalue weighted by Gasteiger charge is 2.00. The Balaban J connectivity index is 3.04. The van der Waals surface area contributed by atoms with Crippen molar-refractivity contribution >= 4 is 33.7 Å². The van der Waals surface area contributed by atoms with E-state index in [1.165, 1.54) is 0 Å². The molecule has 0 radical (unpaired) electrons. The summed E-state index contributed by atoms with van der Waals surface area (Å²) in [5, 5.41) is 0.918. The summed E-state index contributed by atoms with van der Waals surface area (Å²) in [4.78, 5) is 10.5. The van der Waals surface area contributed by atoms with Gasteiger partial charge in [-0.25, -0.2) is 4.79 Å². The molecule has 11 heavy (non-hydrogen) atoms. The maximum atomic E-state index is 10.5. The van der Waals surface area contributed by atoms with Gasteiger partial charge < -0.3 is 9.47 Å². The molecule has 0 spiro atoms. The number of halogens is 2. The second kappa shape index (κ2) is 8.14. The van der Waals surface area contributed by atoms with Gasteiger partial charge in [0.05, 0.1) is 6.61 Å². The van der Waals surface area contributed by atoms with Gasteiger partial charge in [-0.2, -0.15) is 0 Å². The molecule has 0 saturated carbocycles. The molecule has 0 amide bonds. The van der Waals surface area contributed by atoms with Crippen LogP contribution in [0.25, 0.3) is 0 Å². The summed E-state index contributed by atoms with van der Waals surface area (Å²) in [5.74, 6) is 0. The fourth-order valence-electron chi connectivity index (χ4n) is 0.438. The van der Waals surface area contributed by atoms with Gasteiger partial charge in [0.25, 0.3) is 0 Å². The zero-order valence-electron chi connectivity index (χ0n) is 6.02. The minimum atomic E-state index is -0.699. The molecule has 0 aliphatic heterocycles. The van der Waals surface area contributed by atoms with E-state index in [1.807, 2.05) is 0 Å². The third kappa shape index (κ3) is 7.94. The van der Waals surface area contributed by atoms with Crippen LogP contribution in [-0.2, 0) is 9.47 Å². The molecule has 0 aliphatic carbocycles. The predicted molar refractivity (Wildman–Crippen MR) is 46.2 cm³/mol. The summed E-state index contributed by atoms with van der Waals surface area (Å²) in [6.45, 7) is 0.390. The molecule has 3 nitrogen and oxygen atoms in total. The Morgan fingerprint density at radius 2 is 2.09 bits per heavy atom. The number of hydrogen-bond donors (Lipinski definition) is 0. The quantitative estimate of drug-likeness (QED) is 0.424. The van der Waals surface area contributed by atoms with Crippen LogP contribution in [0.15, 0.2) is 0 Å². The van der Waals surface area contributed by atoms with Crippen molar-refractivity contribution in [2.24, 2.45) is 0 Å². The zero-order valence-corrected chi connectivity index (χ0v) is 8.36. The van der Waals surface area contributed by atoms with E-state index in [4.69, 9.17) is 11.6 Å². The first-order valence-electron chi connectivity index (χ1n) is 3.22. The van der Waals surface area contributed by atoms with Gasteiger partial charge in [0.2, 0.25) is 0 Å². The number of carbonyl (C=O) groups is 1. The SMILES string of the molecule is O=C(OCCl)OCCCCBr. The zero-order chi connectivity index (χ0) is 8.53. The molecule has 0 heterocycles. The van der Waals surface area contributed by atoms with Crippen LogP contribution in [0.1, 0.15) is 12.8 Å². The molecule has 0 aromatic heterocycles. The Labute approximate surface area is 79.1 Å². The Bertz CT molecular complexity index is 110. The van der Waals surface area contributed by atoms with Crippen molar-refractivity contribution in [2.45, 2.75) is 12.8 Å². The van der Waals surface area contributed by atoms with E-state index in [2.05, 4.69) is 25.4 Å². The average Bonchev–Trinajstić information content (AvgIpc) is 1.99. The van der Waals surface area contributed by atoms with E-state index >= 15 is 0 Å². The summed E-state index contributed by atoms with van der Waals surface area (Å²) in [5.41, 5.74) is 0. The highest BCUT2D eigenvalue weighted by molar-refractivity contribution is 9.09. The lowest BCUT2D eigenvalue weighted by atomic mass is 10.4. The largest absolute Gasteiger partial charge is 0.509 e. The highest BCUT2D eigenvalue weighted by Crippen LogP contribution is 1.95. The Kier molecular flexibility index (Phi) is 8.17. The number of alkyl halides is 2. The fourth-order valence-corrected chi connectivity index (χ4v) is 0.924. The van der Waals surface area contributed by atoms with Crippen molar-refractivity contribution < 1.29 is 14.3 Å². The number of hydrogen-bond acceptors (Lipinski definition) is 3. The van der Waals surface area contributed by atoms with E-state index in [-0.39, 0.29) is 6.07 Å². The van der Waals surface area contributed by atoms with Crippen molar-refractivity contribution in [3.63, 3.8) is 0 Å². The first-order chi connectivity index (χ1) is 5.31. The van der Waals surface area contributed by atoms with Gasteiger partial charge in [-0.3, -0.25) is 0 Å². The van der Waals surface area contributed by atoms with Crippen molar-refractivity contribution in [3.05, 3.63) is 0 Å². The molecule has 0 rings (SSSR count). The lowest BCUT2D eigenvalue weighted by Gasteiger charge is -2.01. The van der Waals surface area contributed by atoms with Gasteiger partial charge in [-0.05, 0) is 12.8 Å². The third-order valence-corrected chi connectivity index (χ3v) is 1.59. The highest BCUT2D eigenvalue weighted by atomic mass is 79.9. The van der Waals surface area contributed by atoms with Crippen LogP contribution in [0, 0.1) is 0 Å². The van der Waals surface area contributed by atoms with Crippen LogP contribution in [0.4, 0.5) is 4.79 Å². The van der Waals surface area contributed by atoms with Crippen LogP contribution >= 0.6 is 27.5 Å². The normalized spacial score (nSPS) is 9.27. The summed E-state index contributed by atoms with van der Waals surface area (Å²) >= 11 is 8.36. The van der Waals surface area contributed by atoms with Gasteiger partial charge in [-0.1, -0.05) is 27.5 Å². The number of rotatable bonds is 5. The van der Waals surface area contributed by atoms with Crippen LogP contribution in [0.2, 0.25) is 0 Å². The second-order valence-electron chi connectivity index (χ2n) is 1.75. The molecule has 5 heteroatoms. The summed E-state index contributed by atoms with van der Waals surface area (Å²) in [6.07, 6.45) is 1.12. The van der Waals surface area contributed by atoms with E-state index in [0.717, 1.165) is 18.2 Å². The second-order valence-corrected chi connectivity index (χ2v) is 2.76. The predicted octanol–water partition coefficient (Wildman–Crippen LogP) is 2.51. The fraction of sp³-hybridized carbons (Fsp3) is 0.833. The lowest BCUT2D eigenvalue weighted by Crippen LogP contribution is -2.07. The van der Waals surface area contributed by atoms with Crippen molar-refractivity contribution in [1.29, 1.82) is 0 Å². The summed E-state index contributed by atoms with van der Waals surface area (Å²) in [7, 11) is 0. The first kappa shape index (κ1) is 11.0. The van der Waals surface area contributed by atoms with Crippen LogP contribution in [0.3, 0.4) is 0 Å². The van der Waals surface area contributed by atoms with Crippen LogP contribution in [-0.4, -0.2) is 24.2 Å². The average molecular weight is 245 g/mol. The molecule has 66 valence electrons. The van der Waals surface area contributed by atoms with E-state index < -0.39 is 6.16 Å². The molecular weight excluding hydrogens is 235 g/mol. The third-order valence-electron chi connectivity index (χ3n) is 0.920. The maximum Gasteiger partial charge on any atom is 0.509 e. The standard InChI is InChI=1S/C6H10BrClO3/c7-3-1-2-4-10-6(9)11-5-8/h1-5H2.